The molecule has 5 nitrogen and oxygen atoms in total. The first-order valence-corrected chi connectivity index (χ1v) is 8.00. The van der Waals surface area contributed by atoms with Crippen LogP contribution >= 0.6 is 0 Å². The number of ether oxygens (including phenoxy) is 1. The number of rotatable bonds is 8. The number of sulfonamides is 1. The van der Waals surface area contributed by atoms with Crippen LogP contribution in [-0.4, -0.2) is 28.2 Å². The summed E-state index contributed by atoms with van der Waals surface area (Å²) in [5.41, 5.74) is 5.63. The van der Waals surface area contributed by atoms with Crippen molar-refractivity contribution < 1.29 is 17.5 Å². The average molecular weight is 304 g/mol. The molecular weight excluding hydrogens is 283 g/mol. The van der Waals surface area contributed by atoms with Crippen LogP contribution in [0.1, 0.15) is 25.3 Å². The van der Waals surface area contributed by atoms with Gasteiger partial charge in [-0.3, -0.25) is 0 Å². The van der Waals surface area contributed by atoms with E-state index in [9.17, 15) is 12.8 Å². The van der Waals surface area contributed by atoms with E-state index in [1.165, 1.54) is 13.0 Å². The number of halogens is 1. The summed E-state index contributed by atoms with van der Waals surface area (Å²) in [6, 6.07) is 2.36. The van der Waals surface area contributed by atoms with Gasteiger partial charge in [-0.05, 0) is 31.9 Å². The lowest BCUT2D eigenvalue weighted by Crippen LogP contribution is -2.26. The lowest BCUT2D eigenvalue weighted by molar-refractivity contribution is 0.133. The Morgan fingerprint density at radius 1 is 1.35 bits per heavy atom. The smallest absolute Gasteiger partial charge is 0.241 e. The van der Waals surface area contributed by atoms with Crippen molar-refractivity contribution in [2.45, 2.75) is 31.6 Å². The van der Waals surface area contributed by atoms with Crippen LogP contribution in [0, 0.1) is 12.7 Å². The third-order valence-corrected chi connectivity index (χ3v) is 4.30. The first-order chi connectivity index (χ1) is 9.38. The minimum absolute atomic E-state index is 0.0638. The molecule has 1 rings (SSSR count). The molecule has 1 aromatic carbocycles. The van der Waals surface area contributed by atoms with E-state index in [1.54, 1.807) is 0 Å². The molecule has 0 aliphatic carbocycles. The summed E-state index contributed by atoms with van der Waals surface area (Å²) in [6.45, 7) is 4.79. The zero-order chi connectivity index (χ0) is 15.2. The Morgan fingerprint density at radius 3 is 2.70 bits per heavy atom. The highest BCUT2D eigenvalue weighted by molar-refractivity contribution is 7.89. The average Bonchev–Trinajstić information content (AvgIpc) is 2.37. The lowest BCUT2D eigenvalue weighted by Gasteiger charge is -2.11. The van der Waals surface area contributed by atoms with Crippen LogP contribution in [0.25, 0.3) is 0 Å². The molecule has 0 heterocycles. The molecule has 0 aromatic heterocycles. The van der Waals surface area contributed by atoms with E-state index in [-0.39, 0.29) is 22.7 Å². The summed E-state index contributed by atoms with van der Waals surface area (Å²) in [5.74, 6) is -0.628. The van der Waals surface area contributed by atoms with Gasteiger partial charge in [-0.2, -0.15) is 0 Å². The van der Waals surface area contributed by atoms with Crippen molar-refractivity contribution in [1.29, 1.82) is 0 Å². The highest BCUT2D eigenvalue weighted by Crippen LogP contribution is 2.21. The Labute approximate surface area is 119 Å². The predicted molar refractivity (Wildman–Crippen MR) is 76.5 cm³/mol. The largest absolute Gasteiger partial charge is 0.399 e. The maximum atomic E-state index is 13.5. The van der Waals surface area contributed by atoms with Crippen LogP contribution in [0.5, 0.6) is 0 Å². The SMILES string of the molecule is CCCOCCCNS(=O)(=O)c1cc(N)cc(F)c1C. The van der Waals surface area contributed by atoms with Gasteiger partial charge in [0.15, 0.2) is 0 Å². The second-order valence-electron chi connectivity index (χ2n) is 4.49. The van der Waals surface area contributed by atoms with Gasteiger partial charge in [0.05, 0.1) is 4.90 Å². The third kappa shape index (κ3) is 4.73. The molecule has 0 saturated heterocycles. The molecule has 114 valence electrons. The predicted octanol–water partition coefficient (Wildman–Crippen LogP) is 1.81. The molecule has 0 unspecified atom stereocenters. The van der Waals surface area contributed by atoms with Gasteiger partial charge < -0.3 is 10.5 Å². The van der Waals surface area contributed by atoms with Gasteiger partial charge in [0.2, 0.25) is 10.0 Å². The summed E-state index contributed by atoms with van der Waals surface area (Å²) in [7, 11) is -3.75. The first kappa shape index (κ1) is 16.9. The van der Waals surface area contributed by atoms with Crippen molar-refractivity contribution in [2.24, 2.45) is 0 Å². The summed E-state index contributed by atoms with van der Waals surface area (Å²) >= 11 is 0. The molecule has 0 radical (unpaired) electrons. The second-order valence-corrected chi connectivity index (χ2v) is 6.22. The van der Waals surface area contributed by atoms with E-state index in [0.717, 1.165) is 12.5 Å². The summed E-state index contributed by atoms with van der Waals surface area (Å²) < 4.78 is 45.3. The van der Waals surface area contributed by atoms with E-state index in [4.69, 9.17) is 10.5 Å². The standard InChI is InChI=1S/C13H21FN2O3S/c1-3-6-19-7-4-5-16-20(17,18)13-9-11(15)8-12(14)10(13)2/h8-9,16H,3-7,15H2,1-2H3. The number of benzene rings is 1. The van der Waals surface area contributed by atoms with Crippen molar-refractivity contribution in [3.63, 3.8) is 0 Å². The number of nitrogen functional groups attached to an aromatic ring is 1. The van der Waals surface area contributed by atoms with Gasteiger partial charge in [0.25, 0.3) is 0 Å². The van der Waals surface area contributed by atoms with Crippen molar-refractivity contribution in [1.82, 2.24) is 4.72 Å². The molecule has 0 aliphatic heterocycles. The molecule has 0 aliphatic rings. The monoisotopic (exact) mass is 304 g/mol. The van der Waals surface area contributed by atoms with E-state index in [2.05, 4.69) is 4.72 Å². The molecule has 0 spiro atoms. The molecule has 20 heavy (non-hydrogen) atoms. The van der Waals surface area contributed by atoms with Crippen LogP contribution in [0.2, 0.25) is 0 Å². The quantitative estimate of drug-likeness (QED) is 0.567. The summed E-state index contributed by atoms with van der Waals surface area (Å²) in [4.78, 5) is -0.121. The molecule has 7 heteroatoms. The fourth-order valence-corrected chi connectivity index (χ4v) is 3.02. The molecule has 0 saturated carbocycles. The normalized spacial score (nSPS) is 11.8. The van der Waals surface area contributed by atoms with E-state index in [1.807, 2.05) is 6.92 Å². The number of nitrogens with one attached hydrogen (secondary N) is 1. The summed E-state index contributed by atoms with van der Waals surface area (Å²) in [6.07, 6.45) is 1.48. The number of hydrogen-bond donors (Lipinski definition) is 2. The Bertz CT molecular complexity index is 547. The van der Waals surface area contributed by atoms with Crippen LogP contribution in [0.4, 0.5) is 10.1 Å². The fourth-order valence-electron chi connectivity index (χ4n) is 1.66. The molecule has 0 fully saturated rings. The van der Waals surface area contributed by atoms with Gasteiger partial charge >= 0.3 is 0 Å². The van der Waals surface area contributed by atoms with Crippen molar-refractivity contribution in [2.75, 3.05) is 25.5 Å². The Morgan fingerprint density at radius 2 is 2.05 bits per heavy atom. The number of hydrogen-bond acceptors (Lipinski definition) is 4. The first-order valence-electron chi connectivity index (χ1n) is 6.51. The summed E-state index contributed by atoms with van der Waals surface area (Å²) in [5, 5.41) is 0. The minimum Gasteiger partial charge on any atom is -0.399 e. The minimum atomic E-state index is -3.75. The van der Waals surface area contributed by atoms with Crippen LogP contribution < -0.4 is 10.5 Å². The van der Waals surface area contributed by atoms with E-state index < -0.39 is 15.8 Å². The molecule has 1 aromatic rings. The van der Waals surface area contributed by atoms with Crippen molar-refractivity contribution in [3.8, 4) is 0 Å². The maximum absolute atomic E-state index is 13.5. The molecule has 0 bridgehead atoms. The molecular formula is C13H21FN2O3S. The fraction of sp³-hybridized carbons (Fsp3) is 0.538. The van der Waals surface area contributed by atoms with Crippen LogP contribution in [-0.2, 0) is 14.8 Å². The van der Waals surface area contributed by atoms with Gasteiger partial charge in [-0.25, -0.2) is 17.5 Å². The van der Waals surface area contributed by atoms with Gasteiger partial charge in [0, 0.05) is 31.0 Å². The topological polar surface area (TPSA) is 81.4 Å². The van der Waals surface area contributed by atoms with Crippen molar-refractivity contribution >= 4 is 15.7 Å². The molecule has 0 atom stereocenters. The lowest BCUT2D eigenvalue weighted by atomic mass is 10.2. The third-order valence-electron chi connectivity index (χ3n) is 2.71. The maximum Gasteiger partial charge on any atom is 0.241 e. The highest BCUT2D eigenvalue weighted by atomic mass is 32.2. The van der Waals surface area contributed by atoms with E-state index >= 15 is 0 Å². The van der Waals surface area contributed by atoms with E-state index in [0.29, 0.717) is 19.6 Å². The second kappa shape index (κ2) is 7.56. The van der Waals surface area contributed by atoms with Gasteiger partial charge in [-0.1, -0.05) is 6.92 Å². The van der Waals surface area contributed by atoms with Crippen LogP contribution in [0.3, 0.4) is 0 Å². The number of anilines is 1. The highest BCUT2D eigenvalue weighted by Gasteiger charge is 2.19. The Hall–Kier alpha value is -1.18. The number of nitrogens with two attached hydrogens (primary N) is 1. The van der Waals surface area contributed by atoms with Gasteiger partial charge in [-0.15, -0.1) is 0 Å². The van der Waals surface area contributed by atoms with Gasteiger partial charge in [0.1, 0.15) is 5.82 Å². The van der Waals surface area contributed by atoms with Crippen LogP contribution in [0.15, 0.2) is 17.0 Å². The zero-order valence-electron chi connectivity index (χ0n) is 11.8. The Balaban J connectivity index is 2.65. The zero-order valence-corrected chi connectivity index (χ0v) is 12.6. The molecule has 0 amide bonds. The van der Waals surface area contributed by atoms with Crippen molar-refractivity contribution in [3.05, 3.63) is 23.5 Å². The molecule has 3 N–H and O–H groups in total. The Kier molecular flexibility index (Phi) is 6.38.